The smallest absolute Gasteiger partial charge is 0.159 e. The fourth-order valence-electron chi connectivity index (χ4n) is 2.54. The molecule has 0 spiro atoms. The van der Waals surface area contributed by atoms with Gasteiger partial charge < -0.3 is 10.1 Å². The number of ether oxygens (including phenoxy) is 1. The molecule has 1 fully saturated rings. The van der Waals surface area contributed by atoms with E-state index >= 15 is 0 Å². The highest BCUT2D eigenvalue weighted by Gasteiger charge is 2.23. The molecule has 1 aliphatic heterocycles. The van der Waals surface area contributed by atoms with Crippen LogP contribution in [0.1, 0.15) is 18.4 Å². The van der Waals surface area contributed by atoms with Gasteiger partial charge in [-0.3, -0.25) is 0 Å². The molecule has 2 rings (SSSR count). The highest BCUT2D eigenvalue weighted by molar-refractivity contribution is 5.19. The van der Waals surface area contributed by atoms with E-state index in [1.807, 2.05) is 7.05 Å². The maximum Gasteiger partial charge on any atom is 0.159 e. The van der Waals surface area contributed by atoms with Crippen molar-refractivity contribution >= 4 is 0 Å². The lowest BCUT2D eigenvalue weighted by molar-refractivity contribution is 0.0547. The highest BCUT2D eigenvalue weighted by atomic mass is 19.2. The van der Waals surface area contributed by atoms with Gasteiger partial charge in [0, 0.05) is 19.3 Å². The first-order valence-corrected chi connectivity index (χ1v) is 6.39. The van der Waals surface area contributed by atoms with Crippen LogP contribution in [0.3, 0.4) is 0 Å². The SMILES string of the molecule is CNC(Cc1ccc(F)c(F)c1)C1CCOCC1. The van der Waals surface area contributed by atoms with E-state index in [1.165, 1.54) is 12.1 Å². The van der Waals surface area contributed by atoms with Crippen molar-refractivity contribution in [3.63, 3.8) is 0 Å². The van der Waals surface area contributed by atoms with Crippen LogP contribution in [0.2, 0.25) is 0 Å². The van der Waals surface area contributed by atoms with Gasteiger partial charge in [-0.25, -0.2) is 8.78 Å². The summed E-state index contributed by atoms with van der Waals surface area (Å²) < 4.78 is 31.4. The zero-order valence-electron chi connectivity index (χ0n) is 10.6. The minimum atomic E-state index is -0.786. The minimum absolute atomic E-state index is 0.291. The summed E-state index contributed by atoms with van der Waals surface area (Å²) in [5, 5.41) is 3.28. The average molecular weight is 255 g/mol. The van der Waals surface area contributed by atoms with E-state index in [0.29, 0.717) is 12.0 Å². The van der Waals surface area contributed by atoms with Gasteiger partial charge in [0.15, 0.2) is 11.6 Å². The first-order chi connectivity index (χ1) is 8.70. The molecule has 0 radical (unpaired) electrons. The molecule has 1 heterocycles. The second-order valence-corrected chi connectivity index (χ2v) is 4.80. The van der Waals surface area contributed by atoms with E-state index in [-0.39, 0.29) is 0 Å². The van der Waals surface area contributed by atoms with Gasteiger partial charge in [-0.15, -0.1) is 0 Å². The van der Waals surface area contributed by atoms with E-state index in [9.17, 15) is 8.78 Å². The van der Waals surface area contributed by atoms with Crippen molar-refractivity contribution in [2.45, 2.75) is 25.3 Å². The normalized spacial score (nSPS) is 18.8. The summed E-state index contributed by atoms with van der Waals surface area (Å²) >= 11 is 0. The molecule has 0 aliphatic carbocycles. The Balaban J connectivity index is 2.02. The molecular weight excluding hydrogens is 236 g/mol. The van der Waals surface area contributed by atoms with Gasteiger partial charge in [0.1, 0.15) is 0 Å². The molecule has 0 amide bonds. The predicted molar refractivity (Wildman–Crippen MR) is 66.5 cm³/mol. The molecule has 0 aromatic heterocycles. The average Bonchev–Trinajstić information content (AvgIpc) is 2.41. The Kier molecular flexibility index (Phi) is 4.66. The van der Waals surface area contributed by atoms with Gasteiger partial charge >= 0.3 is 0 Å². The molecule has 4 heteroatoms. The molecule has 0 saturated carbocycles. The largest absolute Gasteiger partial charge is 0.381 e. The predicted octanol–water partition coefficient (Wildman–Crippen LogP) is 2.52. The maximum atomic E-state index is 13.2. The van der Waals surface area contributed by atoms with Crippen LogP contribution in [0.15, 0.2) is 18.2 Å². The van der Waals surface area contributed by atoms with Crippen LogP contribution < -0.4 is 5.32 Å². The Morgan fingerprint density at radius 3 is 2.61 bits per heavy atom. The maximum absolute atomic E-state index is 13.2. The Morgan fingerprint density at radius 1 is 1.28 bits per heavy atom. The number of rotatable bonds is 4. The molecule has 1 atom stereocenters. The van der Waals surface area contributed by atoms with Gasteiger partial charge in [-0.1, -0.05) is 6.07 Å². The first-order valence-electron chi connectivity index (χ1n) is 6.39. The van der Waals surface area contributed by atoms with Crippen molar-refractivity contribution < 1.29 is 13.5 Å². The van der Waals surface area contributed by atoms with Crippen LogP contribution >= 0.6 is 0 Å². The molecule has 18 heavy (non-hydrogen) atoms. The lowest BCUT2D eigenvalue weighted by Crippen LogP contribution is -2.38. The second-order valence-electron chi connectivity index (χ2n) is 4.80. The van der Waals surface area contributed by atoms with Crippen molar-refractivity contribution in [3.8, 4) is 0 Å². The number of benzene rings is 1. The number of nitrogens with one attached hydrogen (secondary N) is 1. The van der Waals surface area contributed by atoms with Crippen molar-refractivity contribution in [1.29, 1.82) is 0 Å². The fourth-order valence-corrected chi connectivity index (χ4v) is 2.54. The van der Waals surface area contributed by atoms with Gasteiger partial charge in [-0.2, -0.15) is 0 Å². The quantitative estimate of drug-likeness (QED) is 0.892. The number of hydrogen-bond donors (Lipinski definition) is 1. The fraction of sp³-hybridized carbons (Fsp3) is 0.571. The van der Waals surface area contributed by atoms with Crippen LogP contribution in [-0.2, 0) is 11.2 Å². The Morgan fingerprint density at radius 2 is 2.00 bits per heavy atom. The number of likely N-dealkylation sites (N-methyl/N-ethyl adjacent to an activating group) is 1. The van der Waals surface area contributed by atoms with Crippen LogP contribution in [-0.4, -0.2) is 26.3 Å². The van der Waals surface area contributed by atoms with E-state index in [1.54, 1.807) is 6.07 Å². The van der Waals surface area contributed by atoms with E-state index in [0.717, 1.165) is 38.0 Å². The van der Waals surface area contributed by atoms with Crippen LogP contribution in [0.4, 0.5) is 8.78 Å². The molecule has 1 saturated heterocycles. The monoisotopic (exact) mass is 255 g/mol. The molecule has 1 aromatic rings. The summed E-state index contributed by atoms with van der Waals surface area (Å²) in [5.74, 6) is -1.02. The molecule has 1 unspecified atom stereocenters. The van der Waals surface area contributed by atoms with Gasteiger partial charge in [0.25, 0.3) is 0 Å². The third-order valence-corrected chi connectivity index (χ3v) is 3.65. The first kappa shape index (κ1) is 13.4. The third-order valence-electron chi connectivity index (χ3n) is 3.65. The topological polar surface area (TPSA) is 21.3 Å². The molecule has 2 nitrogen and oxygen atoms in total. The molecule has 0 bridgehead atoms. The standard InChI is InChI=1S/C14H19F2NO/c1-17-14(11-4-6-18-7-5-11)9-10-2-3-12(15)13(16)8-10/h2-3,8,11,14,17H,4-7,9H2,1H3. The zero-order chi connectivity index (χ0) is 13.0. The summed E-state index contributed by atoms with van der Waals surface area (Å²) in [6, 6.07) is 4.43. The Labute approximate surface area is 106 Å². The Bertz CT molecular complexity index is 391. The third kappa shape index (κ3) is 3.27. The van der Waals surface area contributed by atoms with Crippen LogP contribution in [0.25, 0.3) is 0 Å². The lowest BCUT2D eigenvalue weighted by Gasteiger charge is -2.30. The zero-order valence-corrected chi connectivity index (χ0v) is 10.6. The molecule has 1 N–H and O–H groups in total. The summed E-state index contributed by atoms with van der Waals surface area (Å²) in [6.45, 7) is 1.58. The van der Waals surface area contributed by atoms with Crippen LogP contribution in [0.5, 0.6) is 0 Å². The summed E-state index contributed by atoms with van der Waals surface area (Å²) in [7, 11) is 1.92. The van der Waals surface area contributed by atoms with Crippen molar-refractivity contribution in [3.05, 3.63) is 35.4 Å². The van der Waals surface area contributed by atoms with Crippen molar-refractivity contribution in [2.75, 3.05) is 20.3 Å². The summed E-state index contributed by atoms with van der Waals surface area (Å²) in [4.78, 5) is 0. The van der Waals surface area contributed by atoms with Gasteiger partial charge in [-0.05, 0) is 49.9 Å². The summed E-state index contributed by atoms with van der Waals surface area (Å²) in [5.41, 5.74) is 0.833. The molecule has 100 valence electrons. The van der Waals surface area contributed by atoms with Crippen molar-refractivity contribution in [1.82, 2.24) is 5.32 Å². The lowest BCUT2D eigenvalue weighted by atomic mass is 9.88. The number of hydrogen-bond acceptors (Lipinski definition) is 2. The Hall–Kier alpha value is -1.00. The highest BCUT2D eigenvalue weighted by Crippen LogP contribution is 2.22. The van der Waals surface area contributed by atoms with Gasteiger partial charge in [0.2, 0.25) is 0 Å². The number of halogens is 2. The molecule has 1 aliphatic rings. The molecular formula is C14H19F2NO. The van der Waals surface area contributed by atoms with E-state index in [2.05, 4.69) is 5.32 Å². The van der Waals surface area contributed by atoms with E-state index < -0.39 is 11.6 Å². The minimum Gasteiger partial charge on any atom is -0.381 e. The summed E-state index contributed by atoms with van der Waals surface area (Å²) in [6.07, 6.45) is 2.77. The molecule has 1 aromatic carbocycles. The van der Waals surface area contributed by atoms with Crippen molar-refractivity contribution in [2.24, 2.45) is 5.92 Å². The second kappa shape index (κ2) is 6.25. The van der Waals surface area contributed by atoms with E-state index in [4.69, 9.17) is 4.74 Å². The van der Waals surface area contributed by atoms with Gasteiger partial charge in [0.05, 0.1) is 0 Å². The van der Waals surface area contributed by atoms with Crippen LogP contribution in [0, 0.1) is 17.6 Å².